The Balaban J connectivity index is 1.40. The number of rotatable bonds is 11. The highest BCUT2D eigenvalue weighted by Gasteiger charge is 2.38. The summed E-state index contributed by atoms with van der Waals surface area (Å²) in [5.74, 6) is 0.0608. The Morgan fingerprint density at radius 1 is 1.21 bits per heavy atom. The molecule has 1 aromatic heterocycles. The first-order valence-corrected chi connectivity index (χ1v) is 13.8. The monoisotopic (exact) mass is 608 g/mol. The summed E-state index contributed by atoms with van der Waals surface area (Å²) in [6.45, 7) is 3.48. The predicted molar refractivity (Wildman–Crippen MR) is 149 cm³/mol. The molecule has 2 aromatic carbocycles. The van der Waals surface area contributed by atoms with E-state index in [1.54, 1.807) is 4.90 Å². The van der Waals surface area contributed by atoms with Gasteiger partial charge in [-0.15, -0.1) is 0 Å². The van der Waals surface area contributed by atoms with Gasteiger partial charge in [0.05, 0.1) is 23.3 Å². The van der Waals surface area contributed by atoms with Crippen molar-refractivity contribution in [2.45, 2.75) is 51.1 Å². The summed E-state index contributed by atoms with van der Waals surface area (Å²) < 4.78 is 50.3. The SMILES string of the molecule is CC(Oc1ccc(C(=O)N[C@H](CCO)Cc2ccc(-c3cn(C)c([C@@H](C)N4CCOC4=O)n3)cc2)cc1Cl)C(F)(F)F. The molecule has 13 heteroatoms. The Bertz CT molecular complexity index is 1410. The van der Waals surface area contributed by atoms with Crippen LogP contribution < -0.4 is 10.1 Å². The fourth-order valence-corrected chi connectivity index (χ4v) is 4.87. The van der Waals surface area contributed by atoms with Crippen LogP contribution in [0.25, 0.3) is 11.3 Å². The van der Waals surface area contributed by atoms with Gasteiger partial charge in [-0.3, -0.25) is 9.69 Å². The average Bonchev–Trinajstić information content (AvgIpc) is 3.54. The minimum absolute atomic E-state index is 0.125. The molecule has 9 nitrogen and oxygen atoms in total. The molecule has 1 aliphatic rings. The molecule has 2 N–H and O–H groups in total. The molecule has 0 spiro atoms. The number of nitrogens with one attached hydrogen (secondary N) is 1. The number of halogens is 4. The number of amides is 2. The zero-order chi connectivity index (χ0) is 30.6. The number of aryl methyl sites for hydroxylation is 1. The highest BCUT2D eigenvalue weighted by atomic mass is 35.5. The third-order valence-electron chi connectivity index (χ3n) is 7.05. The summed E-state index contributed by atoms with van der Waals surface area (Å²) >= 11 is 6.09. The van der Waals surface area contributed by atoms with E-state index in [4.69, 9.17) is 26.1 Å². The van der Waals surface area contributed by atoms with Crippen molar-refractivity contribution in [3.05, 3.63) is 70.6 Å². The number of aliphatic hydroxyl groups is 1. The van der Waals surface area contributed by atoms with Crippen LogP contribution in [0.1, 0.15) is 48.1 Å². The van der Waals surface area contributed by atoms with E-state index >= 15 is 0 Å². The normalized spacial score (nSPS) is 15.7. The molecular formula is C29H32ClF3N4O5. The van der Waals surface area contributed by atoms with Gasteiger partial charge in [0.15, 0.2) is 6.10 Å². The number of carbonyl (C=O) groups is 2. The van der Waals surface area contributed by atoms with Crippen LogP contribution in [0.2, 0.25) is 5.02 Å². The zero-order valence-corrected chi connectivity index (χ0v) is 24.1. The third kappa shape index (κ3) is 7.35. The van der Waals surface area contributed by atoms with Crippen LogP contribution in [0.3, 0.4) is 0 Å². The molecule has 1 fully saturated rings. The largest absolute Gasteiger partial charge is 0.480 e. The van der Waals surface area contributed by atoms with Crippen LogP contribution in [0, 0.1) is 0 Å². The standard InChI is InChI=1S/C29H32ClF3N4O5/c1-17(37-11-13-41-28(37)40)26-35-24(16-36(26)3)20-6-4-19(5-7-20)14-22(10-12-38)34-27(39)21-8-9-25(23(30)15-21)42-18(2)29(31,32)33/h4-9,15-18,22,38H,10-14H2,1-3H3,(H,34,39)/t17-,18?,22-/m1/s1. The van der Waals surface area contributed by atoms with Gasteiger partial charge in [0.25, 0.3) is 5.91 Å². The number of benzene rings is 2. The maximum atomic E-state index is 12.9. The van der Waals surface area contributed by atoms with Crippen LogP contribution >= 0.6 is 11.6 Å². The van der Waals surface area contributed by atoms with Crippen molar-refractivity contribution in [3.63, 3.8) is 0 Å². The van der Waals surface area contributed by atoms with Crippen LogP contribution in [0.4, 0.5) is 18.0 Å². The van der Waals surface area contributed by atoms with Gasteiger partial charge in [-0.05, 0) is 50.5 Å². The lowest BCUT2D eigenvalue weighted by molar-refractivity contribution is -0.189. The fourth-order valence-electron chi connectivity index (χ4n) is 4.65. The van der Waals surface area contributed by atoms with Gasteiger partial charge in [-0.1, -0.05) is 35.9 Å². The second-order valence-electron chi connectivity index (χ2n) is 10.1. The number of alkyl halides is 3. The van der Waals surface area contributed by atoms with Gasteiger partial charge in [0.2, 0.25) is 0 Å². The number of carbonyl (C=O) groups excluding carboxylic acids is 2. The number of nitrogens with zero attached hydrogens (tertiary/aromatic N) is 3. The molecule has 0 radical (unpaired) electrons. The molecule has 0 aliphatic carbocycles. The molecule has 4 rings (SSSR count). The van der Waals surface area contributed by atoms with Crippen molar-refractivity contribution in [2.75, 3.05) is 19.8 Å². The van der Waals surface area contributed by atoms with Crippen molar-refractivity contribution in [1.29, 1.82) is 0 Å². The highest BCUT2D eigenvalue weighted by Crippen LogP contribution is 2.31. The second-order valence-corrected chi connectivity index (χ2v) is 10.5. The van der Waals surface area contributed by atoms with Gasteiger partial charge in [-0.25, -0.2) is 9.78 Å². The Hall–Kier alpha value is -3.77. The van der Waals surface area contributed by atoms with Crippen molar-refractivity contribution in [2.24, 2.45) is 7.05 Å². The smallest absolute Gasteiger partial charge is 0.425 e. The van der Waals surface area contributed by atoms with Gasteiger partial charge in [-0.2, -0.15) is 13.2 Å². The van der Waals surface area contributed by atoms with E-state index in [0.717, 1.165) is 29.6 Å². The lowest BCUT2D eigenvalue weighted by Crippen LogP contribution is -2.37. The molecule has 0 saturated carbocycles. The lowest BCUT2D eigenvalue weighted by Gasteiger charge is -2.20. The minimum atomic E-state index is -4.56. The van der Waals surface area contributed by atoms with Crippen LogP contribution in [-0.4, -0.2) is 69.6 Å². The molecule has 2 amide bonds. The van der Waals surface area contributed by atoms with E-state index < -0.39 is 24.2 Å². The van der Waals surface area contributed by atoms with Crippen LogP contribution in [0.15, 0.2) is 48.7 Å². The number of aliphatic hydroxyl groups excluding tert-OH is 1. The molecule has 1 aliphatic heterocycles. The fraction of sp³-hybridized carbons (Fsp3) is 0.414. The Morgan fingerprint density at radius 3 is 2.52 bits per heavy atom. The maximum Gasteiger partial charge on any atom is 0.425 e. The number of hydrogen-bond donors (Lipinski definition) is 2. The van der Waals surface area contributed by atoms with Crippen LogP contribution in [0.5, 0.6) is 5.75 Å². The van der Waals surface area contributed by atoms with Gasteiger partial charge < -0.3 is 24.5 Å². The first kappa shape index (κ1) is 31.2. The molecule has 1 saturated heterocycles. The molecule has 1 unspecified atom stereocenters. The van der Waals surface area contributed by atoms with E-state index in [1.807, 2.05) is 49.0 Å². The van der Waals surface area contributed by atoms with E-state index in [2.05, 4.69) is 5.32 Å². The van der Waals surface area contributed by atoms with Gasteiger partial charge in [0.1, 0.15) is 18.2 Å². The number of cyclic esters (lactones) is 1. The maximum absolute atomic E-state index is 12.9. The molecule has 3 atom stereocenters. The van der Waals surface area contributed by atoms with Crippen LogP contribution in [-0.2, 0) is 18.2 Å². The first-order valence-electron chi connectivity index (χ1n) is 13.4. The Labute approximate surface area is 246 Å². The summed E-state index contributed by atoms with van der Waals surface area (Å²) in [6, 6.07) is 10.8. The van der Waals surface area contributed by atoms with Crippen molar-refractivity contribution in [3.8, 4) is 17.0 Å². The van der Waals surface area contributed by atoms with Crippen molar-refractivity contribution < 1.29 is 37.3 Å². The Morgan fingerprint density at radius 2 is 1.93 bits per heavy atom. The van der Waals surface area contributed by atoms with Crippen molar-refractivity contribution in [1.82, 2.24) is 19.8 Å². The summed E-state index contributed by atoms with van der Waals surface area (Å²) in [6.07, 6.45) is -4.38. The average molecular weight is 609 g/mol. The van der Waals surface area contributed by atoms with Crippen molar-refractivity contribution >= 4 is 23.6 Å². The summed E-state index contributed by atoms with van der Waals surface area (Å²) in [5, 5.41) is 12.3. The quantitative estimate of drug-likeness (QED) is 0.306. The van der Waals surface area contributed by atoms with E-state index in [9.17, 15) is 27.9 Å². The van der Waals surface area contributed by atoms with E-state index in [-0.39, 0.29) is 41.5 Å². The lowest BCUT2D eigenvalue weighted by atomic mass is 10.0. The summed E-state index contributed by atoms with van der Waals surface area (Å²) in [7, 11) is 1.87. The summed E-state index contributed by atoms with van der Waals surface area (Å²) in [4.78, 5) is 31.2. The summed E-state index contributed by atoms with van der Waals surface area (Å²) in [5.41, 5.74) is 2.67. The number of imidazole rings is 1. The molecule has 42 heavy (non-hydrogen) atoms. The molecular weight excluding hydrogens is 577 g/mol. The molecule has 226 valence electrons. The van der Waals surface area contributed by atoms with Gasteiger partial charge >= 0.3 is 12.3 Å². The molecule has 0 bridgehead atoms. The first-order chi connectivity index (χ1) is 19.9. The zero-order valence-electron chi connectivity index (χ0n) is 23.3. The number of ether oxygens (including phenoxy) is 2. The Kier molecular flexibility index (Phi) is 9.67. The number of aromatic nitrogens is 2. The highest BCUT2D eigenvalue weighted by molar-refractivity contribution is 6.32. The van der Waals surface area contributed by atoms with Gasteiger partial charge in [0, 0.05) is 37.0 Å². The third-order valence-corrected chi connectivity index (χ3v) is 7.34. The van der Waals surface area contributed by atoms with E-state index in [1.165, 1.54) is 18.2 Å². The van der Waals surface area contributed by atoms with E-state index in [0.29, 0.717) is 19.6 Å². The predicted octanol–water partition coefficient (Wildman–Crippen LogP) is 5.31. The molecule has 2 heterocycles. The second kappa shape index (κ2) is 13.0. The molecule has 3 aromatic rings. The number of hydrogen-bond acceptors (Lipinski definition) is 6. The minimum Gasteiger partial charge on any atom is -0.480 e. The topological polar surface area (TPSA) is 106 Å².